The van der Waals surface area contributed by atoms with Crippen molar-refractivity contribution in [3.8, 4) is 11.6 Å². The van der Waals surface area contributed by atoms with Gasteiger partial charge in [-0.05, 0) is 42.8 Å². The fraction of sp³-hybridized carbons (Fsp3) is 0.227. The van der Waals surface area contributed by atoms with Crippen LogP contribution in [0.1, 0.15) is 30.1 Å². The fourth-order valence-electron chi connectivity index (χ4n) is 2.69. The lowest BCUT2D eigenvalue weighted by atomic mass is 10.1. The summed E-state index contributed by atoms with van der Waals surface area (Å²) in [6.45, 7) is 3.18. The molecule has 0 radical (unpaired) electrons. The van der Waals surface area contributed by atoms with E-state index in [9.17, 15) is 4.79 Å². The Kier molecular flexibility index (Phi) is 6.57. The van der Waals surface area contributed by atoms with Crippen molar-refractivity contribution in [1.29, 1.82) is 0 Å². The maximum atomic E-state index is 12.5. The molecule has 1 aromatic heterocycles. The first-order valence-corrected chi connectivity index (χ1v) is 9.32. The molecule has 0 atom stereocenters. The molecule has 0 aliphatic rings. The molecule has 0 unspecified atom stereocenters. The predicted octanol–water partition coefficient (Wildman–Crippen LogP) is 4.76. The SMILES string of the molecule is CCCCN(C)c1ccc(C(=O)Nc2cccc(Oc3cnccn3)c2)cc1. The van der Waals surface area contributed by atoms with Crippen LogP contribution in [0, 0.1) is 0 Å². The van der Waals surface area contributed by atoms with Crippen molar-refractivity contribution >= 4 is 17.3 Å². The van der Waals surface area contributed by atoms with E-state index in [4.69, 9.17) is 4.74 Å². The quantitative estimate of drug-likeness (QED) is 0.614. The zero-order valence-electron chi connectivity index (χ0n) is 16.1. The van der Waals surface area contributed by atoms with Gasteiger partial charge in [0.25, 0.3) is 5.91 Å². The Morgan fingerprint density at radius 2 is 1.96 bits per heavy atom. The van der Waals surface area contributed by atoms with Gasteiger partial charge in [0.2, 0.25) is 5.88 Å². The van der Waals surface area contributed by atoms with Gasteiger partial charge in [-0.2, -0.15) is 0 Å². The molecule has 1 N–H and O–H groups in total. The van der Waals surface area contributed by atoms with Crippen LogP contribution in [-0.4, -0.2) is 29.5 Å². The van der Waals surface area contributed by atoms with Crippen LogP contribution in [0.4, 0.5) is 11.4 Å². The van der Waals surface area contributed by atoms with Gasteiger partial charge in [-0.25, -0.2) is 4.98 Å². The number of hydrogen-bond acceptors (Lipinski definition) is 5. The Hall–Kier alpha value is -3.41. The Morgan fingerprint density at radius 3 is 2.68 bits per heavy atom. The number of carbonyl (C=O) groups is 1. The fourth-order valence-corrected chi connectivity index (χ4v) is 2.69. The number of ether oxygens (including phenoxy) is 1. The molecular weight excluding hydrogens is 352 g/mol. The van der Waals surface area contributed by atoms with Crippen LogP contribution in [0.25, 0.3) is 0 Å². The van der Waals surface area contributed by atoms with Crippen molar-refractivity contribution in [3.05, 3.63) is 72.7 Å². The summed E-state index contributed by atoms with van der Waals surface area (Å²) in [5.41, 5.74) is 2.35. The zero-order chi connectivity index (χ0) is 19.8. The van der Waals surface area contributed by atoms with Gasteiger partial charge in [0.15, 0.2) is 0 Å². The highest BCUT2D eigenvalue weighted by molar-refractivity contribution is 6.04. The molecule has 1 heterocycles. The summed E-state index contributed by atoms with van der Waals surface area (Å²) >= 11 is 0. The van der Waals surface area contributed by atoms with Crippen molar-refractivity contribution < 1.29 is 9.53 Å². The molecule has 0 aliphatic carbocycles. The normalized spacial score (nSPS) is 10.4. The molecule has 28 heavy (non-hydrogen) atoms. The lowest BCUT2D eigenvalue weighted by Crippen LogP contribution is -2.18. The van der Waals surface area contributed by atoms with Crippen LogP contribution >= 0.6 is 0 Å². The van der Waals surface area contributed by atoms with E-state index in [-0.39, 0.29) is 5.91 Å². The first-order chi connectivity index (χ1) is 13.7. The molecule has 0 fully saturated rings. The summed E-state index contributed by atoms with van der Waals surface area (Å²) in [5.74, 6) is 0.805. The molecule has 1 amide bonds. The summed E-state index contributed by atoms with van der Waals surface area (Å²) < 4.78 is 5.65. The van der Waals surface area contributed by atoms with Gasteiger partial charge in [0.05, 0.1) is 6.20 Å². The molecule has 6 heteroatoms. The van der Waals surface area contributed by atoms with E-state index < -0.39 is 0 Å². The number of aromatic nitrogens is 2. The van der Waals surface area contributed by atoms with E-state index in [0.717, 1.165) is 25.1 Å². The molecule has 0 spiro atoms. The number of rotatable bonds is 8. The number of benzene rings is 2. The first kappa shape index (κ1) is 19.4. The van der Waals surface area contributed by atoms with Crippen LogP contribution in [0.5, 0.6) is 11.6 Å². The third kappa shape index (κ3) is 5.30. The van der Waals surface area contributed by atoms with Gasteiger partial charge in [0, 0.05) is 49.0 Å². The van der Waals surface area contributed by atoms with Crippen LogP contribution in [0.2, 0.25) is 0 Å². The smallest absolute Gasteiger partial charge is 0.255 e. The van der Waals surface area contributed by atoms with E-state index in [1.807, 2.05) is 36.4 Å². The van der Waals surface area contributed by atoms with Gasteiger partial charge in [-0.3, -0.25) is 9.78 Å². The highest BCUT2D eigenvalue weighted by atomic mass is 16.5. The van der Waals surface area contributed by atoms with Crippen LogP contribution in [0.3, 0.4) is 0 Å². The molecule has 0 aliphatic heterocycles. The number of nitrogens with zero attached hydrogens (tertiary/aromatic N) is 3. The lowest BCUT2D eigenvalue weighted by Gasteiger charge is -2.19. The monoisotopic (exact) mass is 376 g/mol. The molecule has 0 saturated carbocycles. The van der Waals surface area contributed by atoms with Crippen LogP contribution < -0.4 is 15.0 Å². The molecule has 0 bridgehead atoms. The van der Waals surface area contributed by atoms with E-state index in [0.29, 0.717) is 22.9 Å². The Labute approximate surface area is 165 Å². The van der Waals surface area contributed by atoms with Crippen molar-refractivity contribution in [1.82, 2.24) is 9.97 Å². The molecule has 3 rings (SSSR count). The summed E-state index contributed by atoms with van der Waals surface area (Å²) in [5, 5.41) is 2.90. The Morgan fingerprint density at radius 1 is 1.14 bits per heavy atom. The minimum absolute atomic E-state index is 0.167. The topological polar surface area (TPSA) is 67.4 Å². The number of nitrogens with one attached hydrogen (secondary N) is 1. The van der Waals surface area contributed by atoms with E-state index in [1.165, 1.54) is 6.20 Å². The Bertz CT molecular complexity index is 898. The third-order valence-corrected chi connectivity index (χ3v) is 4.27. The van der Waals surface area contributed by atoms with Gasteiger partial charge in [-0.1, -0.05) is 19.4 Å². The van der Waals surface area contributed by atoms with Crippen molar-refractivity contribution in [2.24, 2.45) is 0 Å². The van der Waals surface area contributed by atoms with E-state index in [2.05, 4.69) is 34.2 Å². The van der Waals surface area contributed by atoms with Gasteiger partial charge in [-0.15, -0.1) is 0 Å². The largest absolute Gasteiger partial charge is 0.437 e. The summed E-state index contributed by atoms with van der Waals surface area (Å²) in [6.07, 6.45) is 6.97. The summed E-state index contributed by atoms with van der Waals surface area (Å²) in [4.78, 5) is 22.8. The van der Waals surface area contributed by atoms with E-state index in [1.54, 1.807) is 24.5 Å². The zero-order valence-corrected chi connectivity index (χ0v) is 16.1. The minimum atomic E-state index is -0.167. The van der Waals surface area contributed by atoms with Gasteiger partial charge < -0.3 is 15.0 Å². The standard InChI is InChI=1S/C22H24N4O2/c1-3-4-14-26(2)19-10-8-17(9-11-19)22(27)25-18-6-5-7-20(15-18)28-21-16-23-12-13-24-21/h5-13,15-16H,3-4,14H2,1-2H3,(H,25,27). The molecule has 144 valence electrons. The highest BCUT2D eigenvalue weighted by Gasteiger charge is 2.08. The second kappa shape index (κ2) is 9.50. The van der Waals surface area contributed by atoms with Crippen molar-refractivity contribution in [2.75, 3.05) is 23.8 Å². The highest BCUT2D eigenvalue weighted by Crippen LogP contribution is 2.23. The number of unbranched alkanes of at least 4 members (excludes halogenated alkanes) is 1. The second-order valence-electron chi connectivity index (χ2n) is 6.45. The van der Waals surface area contributed by atoms with Crippen LogP contribution in [-0.2, 0) is 0 Å². The minimum Gasteiger partial charge on any atom is -0.437 e. The van der Waals surface area contributed by atoms with E-state index >= 15 is 0 Å². The van der Waals surface area contributed by atoms with Crippen molar-refractivity contribution in [2.45, 2.75) is 19.8 Å². The molecule has 0 saturated heterocycles. The van der Waals surface area contributed by atoms with Gasteiger partial charge >= 0.3 is 0 Å². The number of hydrogen-bond donors (Lipinski definition) is 1. The number of anilines is 2. The predicted molar refractivity (Wildman–Crippen MR) is 111 cm³/mol. The average Bonchev–Trinajstić information content (AvgIpc) is 2.73. The molecule has 2 aromatic carbocycles. The third-order valence-electron chi connectivity index (χ3n) is 4.27. The first-order valence-electron chi connectivity index (χ1n) is 9.32. The molecule has 3 aromatic rings. The maximum Gasteiger partial charge on any atom is 0.255 e. The summed E-state index contributed by atoms with van der Waals surface area (Å²) in [7, 11) is 2.06. The average molecular weight is 376 g/mol. The van der Waals surface area contributed by atoms with Crippen LogP contribution in [0.15, 0.2) is 67.1 Å². The Balaban J connectivity index is 1.63. The lowest BCUT2D eigenvalue weighted by molar-refractivity contribution is 0.102. The van der Waals surface area contributed by atoms with Gasteiger partial charge in [0.1, 0.15) is 5.75 Å². The molecule has 6 nitrogen and oxygen atoms in total. The van der Waals surface area contributed by atoms with Crippen molar-refractivity contribution in [3.63, 3.8) is 0 Å². The number of carbonyl (C=O) groups excluding carboxylic acids is 1. The molecular formula is C22H24N4O2. The summed E-state index contributed by atoms with van der Waals surface area (Å²) in [6, 6.07) is 14.8. The maximum absolute atomic E-state index is 12.5. The second-order valence-corrected chi connectivity index (χ2v) is 6.45. The number of amides is 1.